The van der Waals surface area contributed by atoms with Crippen molar-refractivity contribution in [3.05, 3.63) is 66.4 Å². The smallest absolute Gasteiger partial charge is 0.329 e. The van der Waals surface area contributed by atoms with Crippen molar-refractivity contribution in [3.63, 3.8) is 0 Å². The molecule has 2 N–H and O–H groups in total. The monoisotopic (exact) mass is 961 g/mol. The SMILES string of the molecule is C=CCC1/C=C(\C)CC(C)CC(OC)C2OC(O)(C(=O)C(=O)N3CCCCC3C(=O)OC(C(C)=CC3CCC(Oc4ccc5c(ccn5CCC)c4)C(OC)C3)C(C)C(O)CC1=O)C(C)CC2OC. The molecule has 1 aliphatic carbocycles. The Kier molecular flexibility index (Phi) is 19.1. The number of aliphatic hydroxyl groups is 2. The number of rotatable bonds is 11. The number of amides is 1. The summed E-state index contributed by atoms with van der Waals surface area (Å²) in [5.74, 6) is -6.96. The fourth-order valence-electron chi connectivity index (χ4n) is 11.4. The lowest BCUT2D eigenvalue weighted by molar-refractivity contribution is -0.302. The van der Waals surface area contributed by atoms with Crippen LogP contribution in [0.5, 0.6) is 5.75 Å². The first-order valence-electron chi connectivity index (χ1n) is 25.4. The average Bonchev–Trinajstić information content (AvgIpc) is 3.73. The van der Waals surface area contributed by atoms with Gasteiger partial charge in [-0.05, 0) is 126 Å². The van der Waals surface area contributed by atoms with E-state index in [-0.39, 0.29) is 55.6 Å². The van der Waals surface area contributed by atoms with E-state index in [2.05, 4.69) is 55.5 Å². The number of esters is 1. The molecule has 14 nitrogen and oxygen atoms in total. The van der Waals surface area contributed by atoms with Gasteiger partial charge in [0.1, 0.15) is 35.9 Å². The van der Waals surface area contributed by atoms with Crippen LogP contribution in [0.25, 0.3) is 10.9 Å². The summed E-state index contributed by atoms with van der Waals surface area (Å²) in [6.07, 6.45) is 9.04. The molecule has 1 aromatic carbocycles. The number of ketones is 2. The number of Topliss-reactive ketones (excluding diaryl/α,β-unsaturated/α-hetero) is 2. The fraction of sp³-hybridized carbons (Fsp3) is 0.673. The van der Waals surface area contributed by atoms with Gasteiger partial charge in [0.25, 0.3) is 11.7 Å². The molecule has 1 saturated carbocycles. The largest absolute Gasteiger partial charge is 0.488 e. The van der Waals surface area contributed by atoms with E-state index in [0.717, 1.165) is 36.1 Å². The Morgan fingerprint density at radius 1 is 0.928 bits per heavy atom. The lowest BCUT2D eigenvalue weighted by Crippen LogP contribution is -2.64. The molecule has 14 unspecified atom stereocenters. The minimum absolute atomic E-state index is 0.00462. The van der Waals surface area contributed by atoms with Crippen LogP contribution in [0.3, 0.4) is 0 Å². The van der Waals surface area contributed by atoms with Gasteiger partial charge in [-0.15, -0.1) is 6.58 Å². The molecule has 14 atom stereocenters. The number of nitrogens with zero attached hydrogens (tertiary/aromatic N) is 2. The molecule has 2 saturated heterocycles. The van der Waals surface area contributed by atoms with E-state index >= 15 is 0 Å². The summed E-state index contributed by atoms with van der Waals surface area (Å²) in [5.41, 5.74) is 2.81. The van der Waals surface area contributed by atoms with Gasteiger partial charge < -0.3 is 48.1 Å². The number of piperidine rings is 1. The second-order valence-corrected chi connectivity index (χ2v) is 20.6. The number of benzene rings is 1. The minimum atomic E-state index is -2.52. The molecule has 69 heavy (non-hydrogen) atoms. The lowest BCUT2D eigenvalue weighted by atomic mass is 9.81. The molecule has 0 radical (unpaired) electrons. The van der Waals surface area contributed by atoms with Crippen molar-refractivity contribution in [2.45, 2.75) is 180 Å². The van der Waals surface area contributed by atoms with Crippen LogP contribution in [0.1, 0.15) is 119 Å². The number of aliphatic hydroxyl groups excluding tert-OH is 1. The van der Waals surface area contributed by atoms with Crippen LogP contribution in [0, 0.1) is 29.6 Å². The standard InChI is InChI=1S/C55H80N2O12/c1-11-15-40-26-33(3)25-34(4)27-48(65-9)51-49(66-10)29-36(6)55(63,69-51)52(60)53(61)57-23-14-13-16-43(57)54(62)68-50(37(7)44(58)32-45(40)59)35(5)28-38-17-20-46(47(30-38)64-8)67-41-18-19-42-39(31-41)21-24-56(42)22-12-2/h11,18-19,21,24,26,28,31,34,36-38,40,43-44,46-51,58,63H,1,12-17,20,22-23,25,27,29-30,32H2,2-10H3/b33-26+,35-28?. The Hall–Kier alpha value is -4.18. The van der Waals surface area contributed by atoms with Crippen LogP contribution >= 0.6 is 0 Å². The fourth-order valence-corrected chi connectivity index (χ4v) is 11.4. The van der Waals surface area contributed by atoms with E-state index in [9.17, 15) is 29.4 Å². The summed E-state index contributed by atoms with van der Waals surface area (Å²) in [6.45, 7) is 16.4. The maximum atomic E-state index is 14.6. The van der Waals surface area contributed by atoms with E-state index in [1.807, 2.05) is 26.0 Å². The van der Waals surface area contributed by atoms with Crippen molar-refractivity contribution in [1.29, 1.82) is 0 Å². The van der Waals surface area contributed by atoms with Crippen molar-refractivity contribution in [3.8, 4) is 5.75 Å². The van der Waals surface area contributed by atoms with E-state index < -0.39 is 77.8 Å². The maximum absolute atomic E-state index is 14.6. The highest BCUT2D eigenvalue weighted by Gasteiger charge is 2.56. The Labute approximate surface area is 409 Å². The van der Waals surface area contributed by atoms with E-state index in [1.165, 1.54) is 24.6 Å². The molecule has 382 valence electrons. The zero-order valence-corrected chi connectivity index (χ0v) is 42.6. The molecule has 0 spiro atoms. The van der Waals surface area contributed by atoms with Crippen molar-refractivity contribution < 1.29 is 57.8 Å². The summed E-state index contributed by atoms with van der Waals surface area (Å²) in [4.78, 5) is 58.8. The van der Waals surface area contributed by atoms with Crippen LogP contribution < -0.4 is 4.74 Å². The van der Waals surface area contributed by atoms with Crippen LogP contribution in [-0.2, 0) is 49.4 Å². The molecule has 3 fully saturated rings. The molecular weight excluding hydrogens is 881 g/mol. The summed E-state index contributed by atoms with van der Waals surface area (Å²) >= 11 is 0. The highest BCUT2D eigenvalue weighted by atomic mass is 16.7. The summed E-state index contributed by atoms with van der Waals surface area (Å²) in [5, 5.41) is 25.2. The Bertz CT molecular complexity index is 2160. The number of ether oxygens (including phenoxy) is 6. The number of carbonyl (C=O) groups excluding carboxylic acids is 4. The Morgan fingerprint density at radius 2 is 1.65 bits per heavy atom. The van der Waals surface area contributed by atoms with Gasteiger partial charge in [-0.3, -0.25) is 14.4 Å². The molecule has 4 heterocycles. The first-order valence-corrected chi connectivity index (χ1v) is 25.4. The molecule has 1 aromatic heterocycles. The lowest BCUT2D eigenvalue weighted by Gasteiger charge is -2.47. The van der Waals surface area contributed by atoms with Crippen molar-refractivity contribution in [2.75, 3.05) is 27.9 Å². The highest BCUT2D eigenvalue weighted by molar-refractivity contribution is 6.39. The molecule has 2 aromatic rings. The number of allylic oxidation sites excluding steroid dienone is 4. The zero-order chi connectivity index (χ0) is 50.2. The van der Waals surface area contributed by atoms with Crippen LogP contribution in [0.2, 0.25) is 0 Å². The van der Waals surface area contributed by atoms with Crippen molar-refractivity contribution >= 4 is 34.3 Å². The van der Waals surface area contributed by atoms with Crippen molar-refractivity contribution in [1.82, 2.24) is 9.47 Å². The second-order valence-electron chi connectivity index (χ2n) is 20.6. The molecular formula is C55H80N2O12. The minimum Gasteiger partial charge on any atom is -0.488 e. The average molecular weight is 961 g/mol. The number of fused-ring (bicyclic) bond motifs is 4. The third kappa shape index (κ3) is 12.7. The van der Waals surface area contributed by atoms with Gasteiger partial charge in [0.05, 0.1) is 24.4 Å². The zero-order valence-electron chi connectivity index (χ0n) is 42.6. The molecule has 1 amide bonds. The predicted molar refractivity (Wildman–Crippen MR) is 263 cm³/mol. The highest BCUT2D eigenvalue weighted by Crippen LogP contribution is 2.40. The van der Waals surface area contributed by atoms with Gasteiger partial charge in [0.2, 0.25) is 5.79 Å². The van der Waals surface area contributed by atoms with Gasteiger partial charge >= 0.3 is 5.97 Å². The quantitative estimate of drug-likeness (QED) is 0.126. The summed E-state index contributed by atoms with van der Waals surface area (Å²) in [6, 6.07) is 7.14. The maximum Gasteiger partial charge on any atom is 0.329 e. The van der Waals surface area contributed by atoms with Crippen LogP contribution in [-0.4, -0.2) is 126 Å². The molecule has 2 bridgehead atoms. The number of hydrogen-bond donors (Lipinski definition) is 2. The van der Waals surface area contributed by atoms with Crippen molar-refractivity contribution in [2.24, 2.45) is 29.6 Å². The number of cyclic esters (lactones) is 1. The molecule has 14 heteroatoms. The molecule has 4 aliphatic rings. The summed E-state index contributed by atoms with van der Waals surface area (Å²) in [7, 11) is 4.76. The number of methoxy groups -OCH3 is 3. The van der Waals surface area contributed by atoms with Crippen LogP contribution in [0.15, 0.2) is 66.4 Å². The second kappa shape index (κ2) is 24.3. The summed E-state index contributed by atoms with van der Waals surface area (Å²) < 4.78 is 39.4. The number of hydrogen-bond acceptors (Lipinski definition) is 12. The Balaban J connectivity index is 1.30. The first-order chi connectivity index (χ1) is 33.0. The first kappa shape index (κ1) is 54.2. The predicted octanol–water partition coefficient (Wildman–Crippen LogP) is 8.09. The molecule has 6 rings (SSSR count). The van der Waals surface area contributed by atoms with Gasteiger partial charge in [0, 0.05) is 75.7 Å². The molecule has 3 aliphatic heterocycles. The van der Waals surface area contributed by atoms with Gasteiger partial charge in [-0.2, -0.15) is 0 Å². The van der Waals surface area contributed by atoms with E-state index in [4.69, 9.17) is 28.4 Å². The third-order valence-corrected chi connectivity index (χ3v) is 15.3. The third-order valence-electron chi connectivity index (χ3n) is 15.3. The number of aryl methyl sites for hydroxylation is 1. The van der Waals surface area contributed by atoms with Crippen LogP contribution in [0.4, 0.5) is 0 Å². The topological polar surface area (TPSA) is 172 Å². The Morgan fingerprint density at radius 3 is 2.35 bits per heavy atom. The number of carbonyl (C=O) groups is 4. The van der Waals surface area contributed by atoms with E-state index in [1.54, 1.807) is 27.0 Å². The van der Waals surface area contributed by atoms with Gasteiger partial charge in [-0.1, -0.05) is 51.5 Å². The van der Waals surface area contributed by atoms with E-state index in [0.29, 0.717) is 50.5 Å². The normalized spacial score (nSPS) is 35.9. The van der Waals surface area contributed by atoms with Gasteiger partial charge in [0.15, 0.2) is 0 Å². The number of aromatic nitrogens is 1. The van der Waals surface area contributed by atoms with Gasteiger partial charge in [-0.25, -0.2) is 4.79 Å².